The fourth-order valence-electron chi connectivity index (χ4n) is 1.26. The fraction of sp³-hybridized carbons (Fsp3) is 0.417. The fourth-order valence-corrected chi connectivity index (χ4v) is 2.58. The van der Waals surface area contributed by atoms with E-state index in [0.29, 0.717) is 11.1 Å². The van der Waals surface area contributed by atoms with Crippen LogP contribution in [-0.2, 0) is 29.9 Å². The molecule has 0 heterocycles. The van der Waals surface area contributed by atoms with Gasteiger partial charge in [-0.25, -0.2) is 9.78 Å². The highest BCUT2D eigenvalue weighted by Crippen LogP contribution is 2.51. The van der Waals surface area contributed by atoms with Crippen LogP contribution in [0.5, 0.6) is 0 Å². The molecule has 0 aromatic heterocycles. The van der Waals surface area contributed by atoms with Gasteiger partial charge in [-0.3, -0.25) is 9.36 Å². The molecule has 0 fully saturated rings. The third kappa shape index (κ3) is 5.63. The highest BCUT2D eigenvalue weighted by Gasteiger charge is 2.28. The topological polar surface area (TPSA) is 71.1 Å². The minimum atomic E-state index is -3.53. The van der Waals surface area contributed by atoms with Crippen molar-refractivity contribution in [2.75, 3.05) is 13.2 Å². The molecule has 0 unspecified atom stereocenters. The molecule has 0 N–H and O–H groups in total. The van der Waals surface area contributed by atoms with Gasteiger partial charge >= 0.3 is 7.60 Å². The zero-order valence-electron chi connectivity index (χ0n) is 10.9. The largest absolute Gasteiger partial charge is 0.388 e. The smallest absolute Gasteiger partial charge is 0.298 e. The lowest BCUT2D eigenvalue weighted by Crippen LogP contribution is -2.01. The Kier molecular flexibility index (Phi) is 6.91. The maximum absolute atomic E-state index is 12.3. The van der Waals surface area contributed by atoms with Crippen molar-refractivity contribution in [3.63, 3.8) is 0 Å². The van der Waals surface area contributed by atoms with Crippen LogP contribution in [0, 0.1) is 0 Å². The number of aldehydes is 1. The molecular weight excluding hydrogens is 271 g/mol. The zero-order chi connectivity index (χ0) is 14.1. The SMILES string of the molecule is CCOOP(=O)(Cc1ccc(C=O)cc1)OOCC. The van der Waals surface area contributed by atoms with Crippen molar-refractivity contribution in [1.29, 1.82) is 0 Å². The van der Waals surface area contributed by atoms with Gasteiger partial charge < -0.3 is 0 Å². The summed E-state index contributed by atoms with van der Waals surface area (Å²) in [4.78, 5) is 19.9. The minimum Gasteiger partial charge on any atom is -0.298 e. The van der Waals surface area contributed by atoms with Crippen LogP contribution in [-0.4, -0.2) is 19.5 Å². The van der Waals surface area contributed by atoms with Gasteiger partial charge in [0.05, 0.1) is 19.4 Å². The predicted octanol–water partition coefficient (Wildman–Crippen LogP) is 3.13. The van der Waals surface area contributed by atoms with E-state index >= 15 is 0 Å². The first-order chi connectivity index (χ1) is 9.13. The highest BCUT2D eigenvalue weighted by atomic mass is 31.2. The van der Waals surface area contributed by atoms with Gasteiger partial charge in [0.15, 0.2) is 0 Å². The predicted molar refractivity (Wildman–Crippen MR) is 68.6 cm³/mol. The lowest BCUT2D eigenvalue weighted by Gasteiger charge is -2.15. The molecule has 0 radical (unpaired) electrons. The summed E-state index contributed by atoms with van der Waals surface area (Å²) in [6, 6.07) is 6.57. The van der Waals surface area contributed by atoms with Crippen molar-refractivity contribution in [2.45, 2.75) is 20.0 Å². The van der Waals surface area contributed by atoms with Crippen LogP contribution in [0.25, 0.3) is 0 Å². The average molecular weight is 288 g/mol. The number of carbonyl (C=O) groups is 1. The van der Waals surface area contributed by atoms with Gasteiger partial charge in [0.2, 0.25) is 0 Å². The first-order valence-corrected chi connectivity index (χ1v) is 7.62. The maximum atomic E-state index is 12.3. The standard InChI is InChI=1S/C12H17O6P/c1-3-15-17-19(14,18-16-4-2)10-12-7-5-11(9-13)6-8-12/h5-9H,3-4,10H2,1-2H3. The van der Waals surface area contributed by atoms with Crippen molar-refractivity contribution in [3.05, 3.63) is 35.4 Å². The molecule has 7 heteroatoms. The molecule has 19 heavy (non-hydrogen) atoms. The van der Waals surface area contributed by atoms with E-state index in [1.807, 2.05) is 0 Å². The molecule has 0 aliphatic rings. The number of benzene rings is 1. The molecule has 0 spiro atoms. The number of hydrogen-bond donors (Lipinski definition) is 0. The molecule has 1 rings (SSSR count). The van der Waals surface area contributed by atoms with Crippen molar-refractivity contribution < 1.29 is 28.5 Å². The van der Waals surface area contributed by atoms with Gasteiger partial charge in [0.1, 0.15) is 6.29 Å². The Balaban J connectivity index is 2.74. The Morgan fingerprint density at radius 2 is 1.58 bits per heavy atom. The van der Waals surface area contributed by atoms with Crippen molar-refractivity contribution in [1.82, 2.24) is 0 Å². The highest BCUT2D eigenvalue weighted by molar-refractivity contribution is 7.52. The van der Waals surface area contributed by atoms with Gasteiger partial charge in [0.25, 0.3) is 0 Å². The van der Waals surface area contributed by atoms with E-state index < -0.39 is 7.60 Å². The van der Waals surface area contributed by atoms with Crippen LogP contribution in [0.3, 0.4) is 0 Å². The normalized spacial score (nSPS) is 11.5. The van der Waals surface area contributed by atoms with E-state index in [9.17, 15) is 9.36 Å². The summed E-state index contributed by atoms with van der Waals surface area (Å²) in [6.45, 7) is 3.88. The molecule has 0 bridgehead atoms. The van der Waals surface area contributed by atoms with Crippen molar-refractivity contribution >= 4 is 13.9 Å². The monoisotopic (exact) mass is 288 g/mol. The van der Waals surface area contributed by atoms with E-state index in [4.69, 9.17) is 9.35 Å². The number of rotatable bonds is 9. The maximum Gasteiger partial charge on any atom is 0.388 e. The second-order valence-electron chi connectivity index (χ2n) is 3.59. The summed E-state index contributed by atoms with van der Waals surface area (Å²) in [5.41, 5.74) is 1.23. The van der Waals surface area contributed by atoms with Gasteiger partial charge in [0, 0.05) is 5.56 Å². The van der Waals surface area contributed by atoms with Gasteiger partial charge in [-0.1, -0.05) is 24.3 Å². The Labute approximate surface area is 112 Å². The van der Waals surface area contributed by atoms with Gasteiger partial charge in [-0.05, 0) is 19.4 Å². The summed E-state index contributed by atoms with van der Waals surface area (Å²) in [5.74, 6) is 0. The molecule has 0 aliphatic heterocycles. The molecule has 0 saturated carbocycles. The molecule has 0 atom stereocenters. The van der Waals surface area contributed by atoms with Crippen LogP contribution >= 0.6 is 7.60 Å². The Hall–Kier alpha value is -1.04. The lowest BCUT2D eigenvalue weighted by atomic mass is 10.2. The number of carbonyl (C=O) groups excluding carboxylic acids is 1. The van der Waals surface area contributed by atoms with Crippen LogP contribution in [0.4, 0.5) is 0 Å². The summed E-state index contributed by atoms with van der Waals surface area (Å²) in [7, 11) is -3.53. The van der Waals surface area contributed by atoms with E-state index in [0.717, 1.165) is 6.29 Å². The lowest BCUT2D eigenvalue weighted by molar-refractivity contribution is -0.263. The molecular formula is C12H17O6P. The molecule has 6 nitrogen and oxygen atoms in total. The Morgan fingerprint density at radius 3 is 2.00 bits per heavy atom. The summed E-state index contributed by atoms with van der Waals surface area (Å²) >= 11 is 0. The summed E-state index contributed by atoms with van der Waals surface area (Å²) < 4.78 is 21.9. The second kappa shape index (κ2) is 8.19. The quantitative estimate of drug-likeness (QED) is 0.301. The molecule has 1 aromatic carbocycles. The van der Waals surface area contributed by atoms with Crippen LogP contribution in [0.15, 0.2) is 24.3 Å². The second-order valence-corrected chi connectivity index (χ2v) is 5.43. The van der Waals surface area contributed by atoms with Gasteiger partial charge in [-0.2, -0.15) is 0 Å². The van der Waals surface area contributed by atoms with E-state index in [-0.39, 0.29) is 19.4 Å². The van der Waals surface area contributed by atoms with Crippen LogP contribution < -0.4 is 0 Å². The average Bonchev–Trinajstić information content (AvgIpc) is 2.44. The molecule has 0 amide bonds. The first-order valence-electron chi connectivity index (χ1n) is 5.89. The van der Waals surface area contributed by atoms with Crippen molar-refractivity contribution in [3.8, 4) is 0 Å². The molecule has 0 saturated heterocycles. The van der Waals surface area contributed by atoms with Crippen molar-refractivity contribution in [2.24, 2.45) is 0 Å². The first kappa shape index (κ1) is 16.0. The molecule has 1 aromatic rings. The molecule has 106 valence electrons. The van der Waals surface area contributed by atoms with Crippen LogP contribution in [0.2, 0.25) is 0 Å². The third-order valence-electron chi connectivity index (χ3n) is 2.06. The summed E-state index contributed by atoms with van der Waals surface area (Å²) in [5, 5.41) is 0. The Bertz CT molecular complexity index is 418. The van der Waals surface area contributed by atoms with E-state index in [1.165, 1.54) is 0 Å². The zero-order valence-corrected chi connectivity index (χ0v) is 11.8. The van der Waals surface area contributed by atoms with E-state index in [1.54, 1.807) is 38.1 Å². The van der Waals surface area contributed by atoms with Crippen LogP contribution in [0.1, 0.15) is 29.8 Å². The third-order valence-corrected chi connectivity index (χ3v) is 3.48. The van der Waals surface area contributed by atoms with E-state index in [2.05, 4.69) is 9.78 Å². The minimum absolute atomic E-state index is 0.00780. The summed E-state index contributed by atoms with van der Waals surface area (Å²) in [6.07, 6.45) is 0.725. The van der Waals surface area contributed by atoms with Gasteiger partial charge in [-0.15, -0.1) is 9.35 Å². The Morgan fingerprint density at radius 1 is 1.05 bits per heavy atom. The number of hydrogen-bond acceptors (Lipinski definition) is 6. The molecule has 0 aliphatic carbocycles.